The molecule has 0 aromatic carbocycles. The molecule has 0 aliphatic carbocycles. The van der Waals surface area contributed by atoms with E-state index in [2.05, 4.69) is 11.1 Å². The zero-order valence-corrected chi connectivity index (χ0v) is 5.59. The number of hydrogen-bond acceptors (Lipinski definition) is 2. The Bertz CT molecular complexity index is 240. The number of carbonyl (C=O) groups is 1. The van der Waals surface area contributed by atoms with Gasteiger partial charge in [-0.25, -0.2) is 0 Å². The maximum Gasteiger partial charge on any atom is 0.267 e. The Morgan fingerprint density at radius 2 is 2.50 bits per heavy atom. The molecule has 0 fully saturated rings. The Kier molecular flexibility index (Phi) is 1.67. The van der Waals surface area contributed by atoms with Gasteiger partial charge in [0.15, 0.2) is 0 Å². The molecule has 0 atom stereocenters. The number of nitrogens with zero attached hydrogens (tertiary/aromatic N) is 1. The van der Waals surface area contributed by atoms with Crippen LogP contribution in [0.2, 0.25) is 0 Å². The summed E-state index contributed by atoms with van der Waals surface area (Å²) in [5, 5.41) is 0. The van der Waals surface area contributed by atoms with Crippen molar-refractivity contribution in [2.24, 2.45) is 5.73 Å². The van der Waals surface area contributed by atoms with Gasteiger partial charge in [0, 0.05) is 12.3 Å². The van der Waals surface area contributed by atoms with Gasteiger partial charge in [-0.2, -0.15) is 0 Å². The summed E-state index contributed by atoms with van der Waals surface area (Å²) in [4.78, 5) is 14.2. The first-order valence-corrected chi connectivity index (χ1v) is 2.84. The fraction of sp³-hybridized carbons (Fsp3) is 0.143. The summed E-state index contributed by atoms with van der Waals surface area (Å²) in [7, 11) is 0. The molecule has 2 N–H and O–H groups in total. The lowest BCUT2D eigenvalue weighted by molar-refractivity contribution is 0.0995. The summed E-state index contributed by atoms with van der Waals surface area (Å²) < 4.78 is 0. The topological polar surface area (TPSA) is 56.0 Å². The molecule has 1 heterocycles. The highest BCUT2D eigenvalue weighted by molar-refractivity contribution is 5.90. The fourth-order valence-corrected chi connectivity index (χ4v) is 0.558. The normalized spacial score (nSPS) is 9.30. The average molecular weight is 135 g/mol. The summed E-state index contributed by atoms with van der Waals surface area (Å²) in [6.07, 6.45) is 1.58. The van der Waals surface area contributed by atoms with Gasteiger partial charge >= 0.3 is 0 Å². The molecule has 1 rings (SSSR count). The number of primary amides is 1. The third-order valence-corrected chi connectivity index (χ3v) is 1.07. The van der Waals surface area contributed by atoms with E-state index >= 15 is 0 Å². The Labute approximate surface area is 58.9 Å². The van der Waals surface area contributed by atoms with Crippen LogP contribution in [0, 0.1) is 13.0 Å². The van der Waals surface area contributed by atoms with Crippen molar-refractivity contribution < 1.29 is 4.79 Å². The van der Waals surface area contributed by atoms with Gasteiger partial charge in [0.1, 0.15) is 5.69 Å². The van der Waals surface area contributed by atoms with Crippen molar-refractivity contribution in [1.29, 1.82) is 0 Å². The van der Waals surface area contributed by atoms with Gasteiger partial charge in [0.2, 0.25) is 0 Å². The van der Waals surface area contributed by atoms with E-state index in [1.165, 1.54) is 0 Å². The second-order valence-corrected chi connectivity index (χ2v) is 2.00. The van der Waals surface area contributed by atoms with E-state index in [-0.39, 0.29) is 5.69 Å². The van der Waals surface area contributed by atoms with Crippen molar-refractivity contribution in [3.8, 4) is 0 Å². The van der Waals surface area contributed by atoms with E-state index < -0.39 is 5.91 Å². The molecular formula is C7H7N2O. The first-order valence-electron chi connectivity index (χ1n) is 2.84. The Balaban J connectivity index is 3.00. The van der Waals surface area contributed by atoms with E-state index in [1.54, 1.807) is 12.3 Å². The number of hydrogen-bond donors (Lipinski definition) is 1. The number of rotatable bonds is 1. The van der Waals surface area contributed by atoms with Crippen LogP contribution in [0.25, 0.3) is 0 Å². The molecule has 0 bridgehead atoms. The standard InChI is InChI=1S/C7H7N2O/c1-5-2-3-6(7(8)10)9-4-5/h2,4H,1H3,(H2,8,10). The van der Waals surface area contributed by atoms with Crippen molar-refractivity contribution in [2.75, 3.05) is 0 Å². The molecule has 1 amide bonds. The van der Waals surface area contributed by atoms with Gasteiger partial charge in [-0.05, 0) is 18.6 Å². The second-order valence-electron chi connectivity index (χ2n) is 2.00. The monoisotopic (exact) mass is 135 g/mol. The minimum absolute atomic E-state index is 0.186. The molecule has 0 aliphatic rings. The molecule has 1 aromatic heterocycles. The van der Waals surface area contributed by atoms with Crippen LogP contribution >= 0.6 is 0 Å². The number of pyridine rings is 1. The molecule has 1 aromatic rings. The minimum Gasteiger partial charge on any atom is -0.364 e. The quantitative estimate of drug-likeness (QED) is 0.601. The van der Waals surface area contributed by atoms with Gasteiger partial charge in [-0.3, -0.25) is 9.78 Å². The van der Waals surface area contributed by atoms with Crippen LogP contribution < -0.4 is 5.73 Å². The highest BCUT2D eigenvalue weighted by Crippen LogP contribution is 1.95. The van der Waals surface area contributed by atoms with Crippen molar-refractivity contribution in [2.45, 2.75) is 6.92 Å². The minimum atomic E-state index is -0.542. The molecule has 3 nitrogen and oxygen atoms in total. The summed E-state index contributed by atoms with van der Waals surface area (Å²) >= 11 is 0. The largest absolute Gasteiger partial charge is 0.364 e. The van der Waals surface area contributed by atoms with E-state index in [0.717, 1.165) is 5.56 Å². The van der Waals surface area contributed by atoms with Crippen molar-refractivity contribution in [1.82, 2.24) is 4.98 Å². The highest BCUT2D eigenvalue weighted by Gasteiger charge is 1.98. The first-order chi connectivity index (χ1) is 4.70. The number of nitrogens with two attached hydrogens (primary N) is 1. The molecular weight excluding hydrogens is 128 g/mol. The maximum atomic E-state index is 10.4. The van der Waals surface area contributed by atoms with Crippen LogP contribution in [0.4, 0.5) is 0 Å². The van der Waals surface area contributed by atoms with Crippen LogP contribution in [0.1, 0.15) is 16.1 Å². The predicted molar refractivity (Wildman–Crippen MR) is 36.3 cm³/mol. The Hall–Kier alpha value is -1.38. The summed E-state index contributed by atoms with van der Waals surface area (Å²) in [6, 6.07) is 4.32. The van der Waals surface area contributed by atoms with E-state index in [9.17, 15) is 4.79 Å². The molecule has 3 heteroatoms. The molecule has 0 aliphatic heterocycles. The lowest BCUT2D eigenvalue weighted by Gasteiger charge is -1.92. The summed E-state index contributed by atoms with van der Waals surface area (Å²) in [5.41, 5.74) is 6.08. The fourth-order valence-electron chi connectivity index (χ4n) is 0.558. The smallest absolute Gasteiger partial charge is 0.267 e. The third-order valence-electron chi connectivity index (χ3n) is 1.07. The molecule has 0 unspecified atom stereocenters. The van der Waals surface area contributed by atoms with Crippen LogP contribution in [0.3, 0.4) is 0 Å². The van der Waals surface area contributed by atoms with E-state index in [0.29, 0.717) is 0 Å². The van der Waals surface area contributed by atoms with Gasteiger partial charge in [0.25, 0.3) is 5.91 Å². The number of aryl methyl sites for hydroxylation is 1. The SMILES string of the molecule is Cc1c[c]c(C(N)=O)nc1. The van der Waals surface area contributed by atoms with Crippen LogP contribution in [0.15, 0.2) is 12.3 Å². The number of carbonyl (C=O) groups excluding carboxylic acids is 1. The molecule has 51 valence electrons. The van der Waals surface area contributed by atoms with Gasteiger partial charge in [-0.15, -0.1) is 0 Å². The predicted octanol–water partition coefficient (Wildman–Crippen LogP) is 0.289. The molecule has 0 saturated carbocycles. The van der Waals surface area contributed by atoms with E-state index in [1.807, 2.05) is 6.92 Å². The molecule has 10 heavy (non-hydrogen) atoms. The highest BCUT2D eigenvalue weighted by atomic mass is 16.1. The van der Waals surface area contributed by atoms with Crippen LogP contribution in [-0.2, 0) is 0 Å². The van der Waals surface area contributed by atoms with Gasteiger partial charge in [-0.1, -0.05) is 0 Å². The number of amides is 1. The second kappa shape index (κ2) is 2.47. The van der Waals surface area contributed by atoms with E-state index in [4.69, 9.17) is 5.73 Å². The van der Waals surface area contributed by atoms with Crippen molar-refractivity contribution in [3.63, 3.8) is 0 Å². The van der Waals surface area contributed by atoms with Gasteiger partial charge < -0.3 is 5.73 Å². The first kappa shape index (κ1) is 6.74. The Morgan fingerprint density at radius 3 is 2.90 bits per heavy atom. The zero-order chi connectivity index (χ0) is 7.56. The van der Waals surface area contributed by atoms with Crippen molar-refractivity contribution >= 4 is 5.91 Å². The van der Waals surface area contributed by atoms with Crippen molar-refractivity contribution in [3.05, 3.63) is 29.6 Å². The van der Waals surface area contributed by atoms with Crippen LogP contribution in [0.5, 0.6) is 0 Å². The Morgan fingerprint density at radius 1 is 1.80 bits per heavy atom. The summed E-state index contributed by atoms with van der Waals surface area (Å²) in [5.74, 6) is -0.542. The zero-order valence-electron chi connectivity index (χ0n) is 5.59. The molecule has 1 radical (unpaired) electrons. The summed E-state index contributed by atoms with van der Waals surface area (Å²) in [6.45, 7) is 1.87. The third kappa shape index (κ3) is 1.31. The number of aromatic nitrogens is 1. The lowest BCUT2D eigenvalue weighted by Crippen LogP contribution is -2.12. The lowest BCUT2D eigenvalue weighted by atomic mass is 10.3. The molecule has 0 spiro atoms. The maximum absolute atomic E-state index is 10.4. The molecule has 0 saturated heterocycles. The average Bonchev–Trinajstić information content (AvgIpc) is 1.88. The van der Waals surface area contributed by atoms with Crippen LogP contribution in [-0.4, -0.2) is 10.9 Å². The van der Waals surface area contributed by atoms with Gasteiger partial charge in [0.05, 0.1) is 0 Å².